The molecule has 0 saturated heterocycles. The maximum absolute atomic E-state index is 13.2. The number of hydrogen-bond acceptors (Lipinski definition) is 4. The van der Waals surface area contributed by atoms with Gasteiger partial charge >= 0.3 is 0 Å². The van der Waals surface area contributed by atoms with Gasteiger partial charge in [0.2, 0.25) is 0 Å². The first-order valence-corrected chi connectivity index (χ1v) is 9.76. The van der Waals surface area contributed by atoms with Crippen molar-refractivity contribution >= 4 is 39.5 Å². The van der Waals surface area contributed by atoms with Gasteiger partial charge in [0.1, 0.15) is 11.5 Å². The Labute approximate surface area is 167 Å². The number of halogens is 2. The number of carbonyl (C=O) groups is 2. The lowest BCUT2D eigenvalue weighted by atomic mass is 10.2. The fraction of sp³-hybridized carbons (Fsp3) is 0.0556. The average molecular weight is 449 g/mol. The average Bonchev–Trinajstić information content (AvgIpc) is 3.11. The second-order valence-electron chi connectivity index (χ2n) is 5.33. The summed E-state index contributed by atoms with van der Waals surface area (Å²) in [4.78, 5) is 29.0. The Bertz CT molecular complexity index is 991. The molecule has 27 heavy (non-hydrogen) atoms. The summed E-state index contributed by atoms with van der Waals surface area (Å²) < 4.78 is 15.4. The molecule has 3 rings (SSSR count). The number of rotatable bonds is 4. The predicted molar refractivity (Wildman–Crippen MR) is 104 cm³/mol. The highest BCUT2D eigenvalue weighted by Crippen LogP contribution is 2.22. The van der Waals surface area contributed by atoms with Gasteiger partial charge in [-0.25, -0.2) is 9.37 Å². The Balaban J connectivity index is 1.81. The van der Waals surface area contributed by atoms with E-state index in [2.05, 4.69) is 31.8 Å². The van der Waals surface area contributed by atoms with Gasteiger partial charge in [-0.1, -0.05) is 23.9 Å². The van der Waals surface area contributed by atoms with E-state index in [1.54, 1.807) is 41.0 Å². The summed E-state index contributed by atoms with van der Waals surface area (Å²) in [6.45, 7) is 0. The van der Waals surface area contributed by atoms with Gasteiger partial charge in [0.25, 0.3) is 11.8 Å². The molecule has 138 valence electrons. The van der Waals surface area contributed by atoms with Crippen LogP contribution in [0.5, 0.6) is 0 Å². The molecule has 1 heterocycles. The van der Waals surface area contributed by atoms with Crippen LogP contribution in [-0.2, 0) is 0 Å². The predicted octanol–water partition coefficient (Wildman–Crippen LogP) is 3.57. The summed E-state index contributed by atoms with van der Waals surface area (Å²) in [5, 5.41) is 0.559. The summed E-state index contributed by atoms with van der Waals surface area (Å²) in [6, 6.07) is 12.6. The molecule has 0 aliphatic carbocycles. The molecular weight excluding hydrogens is 435 g/mol. The third kappa shape index (κ3) is 4.20. The molecular formula is C18H14BrFN4O2S. The Morgan fingerprint density at radius 2 is 1.74 bits per heavy atom. The molecule has 2 N–H and O–H groups in total. The molecule has 2 aromatic carbocycles. The number of nitrogens with one attached hydrogen (secondary N) is 2. The molecule has 0 atom stereocenters. The lowest BCUT2D eigenvalue weighted by molar-refractivity contribution is 0.0842. The number of thioether (sulfide) groups is 1. The van der Waals surface area contributed by atoms with Crippen molar-refractivity contribution in [2.45, 2.75) is 5.16 Å². The number of amides is 2. The number of hydrazine groups is 1. The molecule has 0 aliphatic rings. The van der Waals surface area contributed by atoms with Crippen molar-refractivity contribution in [1.29, 1.82) is 0 Å². The molecule has 0 unspecified atom stereocenters. The van der Waals surface area contributed by atoms with E-state index in [-0.39, 0.29) is 11.5 Å². The quantitative estimate of drug-likeness (QED) is 0.472. The molecule has 2 amide bonds. The summed E-state index contributed by atoms with van der Waals surface area (Å²) >= 11 is 4.63. The van der Waals surface area contributed by atoms with E-state index in [0.717, 1.165) is 0 Å². The zero-order chi connectivity index (χ0) is 19.4. The smallest absolute Gasteiger partial charge is 0.283 e. The lowest BCUT2D eigenvalue weighted by Crippen LogP contribution is -2.42. The van der Waals surface area contributed by atoms with Crippen molar-refractivity contribution in [2.24, 2.45) is 0 Å². The van der Waals surface area contributed by atoms with Crippen molar-refractivity contribution in [1.82, 2.24) is 20.4 Å². The van der Waals surface area contributed by atoms with Gasteiger partial charge in [0, 0.05) is 10.2 Å². The zero-order valence-corrected chi connectivity index (χ0v) is 16.5. The molecule has 0 aliphatic heterocycles. The largest absolute Gasteiger partial charge is 0.288 e. The van der Waals surface area contributed by atoms with E-state index >= 15 is 0 Å². The van der Waals surface area contributed by atoms with Crippen LogP contribution in [0.25, 0.3) is 5.69 Å². The normalized spacial score (nSPS) is 10.5. The Morgan fingerprint density at radius 1 is 1.07 bits per heavy atom. The van der Waals surface area contributed by atoms with Crippen LogP contribution in [0.1, 0.15) is 20.8 Å². The molecule has 0 saturated carbocycles. The first kappa shape index (κ1) is 19.1. The van der Waals surface area contributed by atoms with Crippen LogP contribution >= 0.6 is 27.7 Å². The minimum atomic E-state index is -0.549. The minimum absolute atomic E-state index is 0.207. The van der Waals surface area contributed by atoms with Crippen molar-refractivity contribution in [2.75, 3.05) is 6.26 Å². The van der Waals surface area contributed by atoms with Crippen molar-refractivity contribution < 1.29 is 14.0 Å². The van der Waals surface area contributed by atoms with Crippen molar-refractivity contribution in [3.8, 4) is 5.69 Å². The number of carbonyl (C=O) groups excluding carboxylic acids is 2. The van der Waals surface area contributed by atoms with E-state index < -0.39 is 11.8 Å². The van der Waals surface area contributed by atoms with Gasteiger partial charge in [0.15, 0.2) is 5.16 Å². The number of benzene rings is 2. The number of aromatic nitrogens is 2. The van der Waals surface area contributed by atoms with Gasteiger partial charge in [-0.05, 0) is 58.6 Å². The van der Waals surface area contributed by atoms with E-state index in [4.69, 9.17) is 0 Å². The SMILES string of the molecule is CSc1ncc(C(=O)NNC(=O)c2ccccc2Br)n1-c1ccc(F)cc1. The Kier molecular flexibility index (Phi) is 5.92. The number of nitrogens with zero attached hydrogens (tertiary/aromatic N) is 2. The molecule has 3 aromatic rings. The first-order chi connectivity index (χ1) is 13.0. The maximum Gasteiger partial charge on any atom is 0.288 e. The maximum atomic E-state index is 13.2. The molecule has 9 heteroatoms. The standard InChI is InChI=1S/C18H14BrFN4O2S/c1-27-18-21-10-15(24(18)12-8-6-11(20)7-9-12)17(26)23-22-16(25)13-4-2-3-5-14(13)19/h2-10H,1H3,(H,22,25)(H,23,26). The van der Waals surface area contributed by atoms with Gasteiger partial charge in [-0.3, -0.25) is 25.0 Å². The van der Waals surface area contributed by atoms with Gasteiger partial charge in [-0.15, -0.1) is 0 Å². The van der Waals surface area contributed by atoms with E-state index in [1.807, 2.05) is 6.26 Å². The minimum Gasteiger partial charge on any atom is -0.283 e. The molecule has 0 radical (unpaired) electrons. The second kappa shape index (κ2) is 8.36. The van der Waals surface area contributed by atoms with Gasteiger partial charge in [0.05, 0.1) is 11.8 Å². The van der Waals surface area contributed by atoms with Crippen LogP contribution in [0.15, 0.2) is 64.4 Å². The van der Waals surface area contributed by atoms with Gasteiger partial charge in [-0.2, -0.15) is 0 Å². The molecule has 0 bridgehead atoms. The summed E-state index contributed by atoms with van der Waals surface area (Å²) in [7, 11) is 0. The number of imidazole rings is 1. The number of hydrogen-bond donors (Lipinski definition) is 2. The van der Waals surface area contributed by atoms with E-state index in [1.165, 1.54) is 30.1 Å². The van der Waals surface area contributed by atoms with Crippen LogP contribution in [0.3, 0.4) is 0 Å². The Morgan fingerprint density at radius 3 is 2.41 bits per heavy atom. The highest BCUT2D eigenvalue weighted by molar-refractivity contribution is 9.10. The first-order valence-electron chi connectivity index (χ1n) is 7.74. The van der Waals surface area contributed by atoms with E-state index in [0.29, 0.717) is 20.9 Å². The van der Waals surface area contributed by atoms with Crippen LogP contribution in [0.2, 0.25) is 0 Å². The second-order valence-corrected chi connectivity index (χ2v) is 6.96. The van der Waals surface area contributed by atoms with Crippen molar-refractivity contribution in [3.63, 3.8) is 0 Å². The van der Waals surface area contributed by atoms with Gasteiger partial charge < -0.3 is 0 Å². The summed E-state index contributed by atoms with van der Waals surface area (Å²) in [6.07, 6.45) is 3.22. The summed E-state index contributed by atoms with van der Waals surface area (Å²) in [5.74, 6) is -1.39. The Hall–Kier alpha value is -2.65. The van der Waals surface area contributed by atoms with Crippen LogP contribution in [-0.4, -0.2) is 27.6 Å². The van der Waals surface area contributed by atoms with Crippen LogP contribution in [0, 0.1) is 5.82 Å². The lowest BCUT2D eigenvalue weighted by Gasteiger charge is -2.12. The molecule has 0 fully saturated rings. The van der Waals surface area contributed by atoms with Crippen LogP contribution in [0.4, 0.5) is 4.39 Å². The summed E-state index contributed by atoms with van der Waals surface area (Å²) in [5.41, 5.74) is 5.93. The zero-order valence-electron chi connectivity index (χ0n) is 14.1. The fourth-order valence-electron chi connectivity index (χ4n) is 2.37. The topological polar surface area (TPSA) is 76.0 Å². The van der Waals surface area contributed by atoms with E-state index in [9.17, 15) is 14.0 Å². The fourth-order valence-corrected chi connectivity index (χ4v) is 3.38. The van der Waals surface area contributed by atoms with Crippen molar-refractivity contribution in [3.05, 3.63) is 76.3 Å². The highest BCUT2D eigenvalue weighted by Gasteiger charge is 2.19. The molecule has 1 aromatic heterocycles. The highest BCUT2D eigenvalue weighted by atomic mass is 79.9. The monoisotopic (exact) mass is 448 g/mol. The van der Waals surface area contributed by atoms with Crippen LogP contribution < -0.4 is 10.9 Å². The molecule has 0 spiro atoms. The third-order valence-corrected chi connectivity index (χ3v) is 4.98. The third-order valence-electron chi connectivity index (χ3n) is 3.64. The molecule has 6 nitrogen and oxygen atoms in total.